The van der Waals surface area contributed by atoms with E-state index >= 15 is 0 Å². The standard InChI is InChI=1S/6CH4.H3O4P/c;;;;;;1-5(2,3)4/h6*1H4;(H3,1,2,3,4). The van der Waals surface area contributed by atoms with E-state index in [2.05, 4.69) is 0 Å². The lowest BCUT2D eigenvalue weighted by Gasteiger charge is -1.82. The van der Waals surface area contributed by atoms with E-state index < -0.39 is 7.82 Å². The molecule has 0 radical (unpaired) electrons. The van der Waals surface area contributed by atoms with E-state index in [1.54, 1.807) is 0 Å². The van der Waals surface area contributed by atoms with Crippen LogP contribution in [-0.2, 0) is 4.57 Å². The Morgan fingerprint density at radius 2 is 0.636 bits per heavy atom. The topological polar surface area (TPSA) is 77.8 Å². The zero-order valence-electron chi connectivity index (χ0n) is 2.20. The zero-order chi connectivity index (χ0) is 4.50. The van der Waals surface area contributed by atoms with Gasteiger partial charge in [0, 0.05) is 0 Å². The Balaban J connectivity index is -0.00000000533. The highest BCUT2D eigenvalue weighted by molar-refractivity contribution is 7.45. The Hall–Kier alpha value is 0.110. The SMILES string of the molecule is C.C.C.C.C.C.O=P(O)(O)O. The molecule has 0 saturated heterocycles. The van der Waals surface area contributed by atoms with E-state index in [4.69, 9.17) is 19.2 Å². The maximum absolute atomic E-state index is 8.88. The first kappa shape index (κ1) is 67.2. The largest absolute Gasteiger partial charge is 0.466 e. The van der Waals surface area contributed by atoms with Crippen LogP contribution in [0.5, 0.6) is 0 Å². The summed E-state index contributed by atoms with van der Waals surface area (Å²) < 4.78 is 8.88. The molecule has 0 aliphatic carbocycles. The molecular weight excluding hydrogens is 167 g/mol. The molecule has 80 valence electrons. The van der Waals surface area contributed by atoms with Crippen molar-refractivity contribution in [3.8, 4) is 0 Å². The fourth-order valence-corrected chi connectivity index (χ4v) is 0. The summed E-state index contributed by atoms with van der Waals surface area (Å²) in [6.45, 7) is 0. The van der Waals surface area contributed by atoms with Crippen LogP contribution in [0, 0.1) is 0 Å². The zero-order valence-corrected chi connectivity index (χ0v) is 3.09. The molecule has 0 saturated carbocycles. The van der Waals surface area contributed by atoms with Crippen molar-refractivity contribution < 1.29 is 19.2 Å². The first-order valence-corrected chi connectivity index (χ1v) is 2.35. The molecule has 0 aromatic carbocycles. The van der Waals surface area contributed by atoms with Gasteiger partial charge in [0.2, 0.25) is 0 Å². The summed E-state index contributed by atoms with van der Waals surface area (Å²) in [7, 11) is -4.64. The summed E-state index contributed by atoms with van der Waals surface area (Å²) in [5.41, 5.74) is 0. The maximum Gasteiger partial charge on any atom is 0.466 e. The minimum Gasteiger partial charge on any atom is -0.303 e. The molecule has 0 aliphatic rings. The Morgan fingerprint density at radius 3 is 0.636 bits per heavy atom. The minimum atomic E-state index is -4.64. The lowest BCUT2D eigenvalue weighted by molar-refractivity contribution is 0.275. The van der Waals surface area contributed by atoms with Gasteiger partial charge >= 0.3 is 7.82 Å². The minimum absolute atomic E-state index is 0. The lowest BCUT2D eigenvalue weighted by Crippen LogP contribution is -1.66. The van der Waals surface area contributed by atoms with E-state index in [1.165, 1.54) is 0 Å². The average molecular weight is 194 g/mol. The Labute approximate surface area is 72.5 Å². The number of phosphoric acid groups is 1. The van der Waals surface area contributed by atoms with Crippen LogP contribution in [0.25, 0.3) is 0 Å². The van der Waals surface area contributed by atoms with Crippen molar-refractivity contribution in [3.05, 3.63) is 0 Å². The summed E-state index contributed by atoms with van der Waals surface area (Å²) in [5, 5.41) is 0. The highest BCUT2D eigenvalue weighted by atomic mass is 31.2. The van der Waals surface area contributed by atoms with Crippen LogP contribution >= 0.6 is 7.82 Å². The molecule has 0 aliphatic heterocycles. The predicted octanol–water partition coefficient (Wildman–Crippen LogP) is 2.89. The van der Waals surface area contributed by atoms with Crippen LogP contribution in [-0.4, -0.2) is 14.7 Å². The molecule has 0 atom stereocenters. The van der Waals surface area contributed by atoms with Gasteiger partial charge in [0.05, 0.1) is 0 Å². The van der Waals surface area contributed by atoms with Crippen LogP contribution in [0.15, 0.2) is 0 Å². The second-order valence-corrected chi connectivity index (χ2v) is 1.54. The van der Waals surface area contributed by atoms with Crippen molar-refractivity contribution in [3.63, 3.8) is 0 Å². The van der Waals surface area contributed by atoms with Gasteiger partial charge in [-0.1, -0.05) is 44.6 Å². The van der Waals surface area contributed by atoms with Gasteiger partial charge in [-0.25, -0.2) is 4.57 Å². The number of hydrogen-bond acceptors (Lipinski definition) is 1. The molecule has 0 aromatic rings. The molecule has 0 spiro atoms. The fourth-order valence-electron chi connectivity index (χ4n) is 0. The summed E-state index contributed by atoms with van der Waals surface area (Å²) in [6, 6.07) is 0. The third-order valence-corrected chi connectivity index (χ3v) is 0. The molecule has 0 heterocycles. The smallest absolute Gasteiger partial charge is 0.303 e. The fraction of sp³-hybridized carbons (Fsp3) is 1.00. The Bertz CT molecular complexity index is 60.7. The third-order valence-electron chi connectivity index (χ3n) is 0. The summed E-state index contributed by atoms with van der Waals surface area (Å²) in [6.07, 6.45) is 0. The van der Waals surface area contributed by atoms with E-state index in [1.807, 2.05) is 0 Å². The highest BCUT2D eigenvalue weighted by Gasteiger charge is 2.00. The molecular formula is C6H27O4P. The van der Waals surface area contributed by atoms with Crippen molar-refractivity contribution in [1.29, 1.82) is 0 Å². The van der Waals surface area contributed by atoms with Gasteiger partial charge in [-0.05, 0) is 0 Å². The first-order chi connectivity index (χ1) is 2.00. The summed E-state index contributed by atoms with van der Waals surface area (Å²) in [5.74, 6) is 0. The predicted molar refractivity (Wildman–Crippen MR) is 54.6 cm³/mol. The van der Waals surface area contributed by atoms with Gasteiger partial charge in [0.25, 0.3) is 0 Å². The van der Waals surface area contributed by atoms with Crippen LogP contribution in [0.4, 0.5) is 0 Å². The highest BCUT2D eigenvalue weighted by Crippen LogP contribution is 2.25. The second kappa shape index (κ2) is 22.5. The monoisotopic (exact) mass is 194 g/mol. The van der Waals surface area contributed by atoms with Gasteiger partial charge in [-0.15, -0.1) is 0 Å². The number of hydrogen-bond donors (Lipinski definition) is 3. The number of rotatable bonds is 0. The third kappa shape index (κ3) is 55000. The second-order valence-electron chi connectivity index (χ2n) is 0.513. The summed E-state index contributed by atoms with van der Waals surface area (Å²) in [4.78, 5) is 21.6. The van der Waals surface area contributed by atoms with Crippen LogP contribution in [0.1, 0.15) is 44.6 Å². The van der Waals surface area contributed by atoms with E-state index in [0.29, 0.717) is 0 Å². The van der Waals surface area contributed by atoms with Crippen LogP contribution in [0.2, 0.25) is 0 Å². The van der Waals surface area contributed by atoms with Crippen molar-refractivity contribution in [1.82, 2.24) is 0 Å². The van der Waals surface area contributed by atoms with Crippen molar-refractivity contribution in [2.24, 2.45) is 0 Å². The quantitative estimate of drug-likeness (QED) is 0.518. The Kier molecular flexibility index (Phi) is 137. The molecule has 5 heteroatoms. The van der Waals surface area contributed by atoms with E-state index in [0.717, 1.165) is 0 Å². The van der Waals surface area contributed by atoms with Gasteiger partial charge in [0.15, 0.2) is 0 Å². The van der Waals surface area contributed by atoms with Crippen LogP contribution in [0.3, 0.4) is 0 Å². The molecule has 11 heavy (non-hydrogen) atoms. The average Bonchev–Trinajstić information content (AvgIpc) is 0.722. The molecule has 0 rings (SSSR count). The molecule has 3 N–H and O–H groups in total. The normalized spacial score (nSPS) is 5.36. The van der Waals surface area contributed by atoms with E-state index in [9.17, 15) is 0 Å². The van der Waals surface area contributed by atoms with Crippen LogP contribution < -0.4 is 0 Å². The molecule has 0 fully saturated rings. The van der Waals surface area contributed by atoms with Gasteiger partial charge in [0.1, 0.15) is 0 Å². The molecule has 0 unspecified atom stereocenters. The molecule has 0 amide bonds. The summed E-state index contributed by atoms with van der Waals surface area (Å²) >= 11 is 0. The van der Waals surface area contributed by atoms with Crippen molar-refractivity contribution in [2.45, 2.75) is 44.6 Å². The molecule has 0 aromatic heterocycles. The van der Waals surface area contributed by atoms with E-state index in [-0.39, 0.29) is 44.6 Å². The lowest BCUT2D eigenvalue weighted by atomic mass is 12.0. The van der Waals surface area contributed by atoms with Gasteiger partial charge in [-0.3, -0.25) is 0 Å². The van der Waals surface area contributed by atoms with Gasteiger partial charge in [-0.2, -0.15) is 0 Å². The van der Waals surface area contributed by atoms with Crippen molar-refractivity contribution >= 4 is 7.82 Å². The maximum atomic E-state index is 8.88. The first-order valence-electron chi connectivity index (χ1n) is 0.783. The molecule has 4 nitrogen and oxygen atoms in total. The van der Waals surface area contributed by atoms with Crippen molar-refractivity contribution in [2.75, 3.05) is 0 Å². The van der Waals surface area contributed by atoms with Gasteiger partial charge < -0.3 is 14.7 Å². The molecule has 0 bridgehead atoms. The Morgan fingerprint density at radius 1 is 0.636 bits per heavy atom.